The van der Waals surface area contributed by atoms with E-state index in [0.29, 0.717) is 16.6 Å². The second-order valence-corrected chi connectivity index (χ2v) is 13.2. The van der Waals surface area contributed by atoms with Gasteiger partial charge in [-0.3, -0.25) is 14.9 Å². The van der Waals surface area contributed by atoms with Crippen LogP contribution in [-0.4, -0.2) is 36.5 Å². The van der Waals surface area contributed by atoms with Crippen LogP contribution in [0.5, 0.6) is 0 Å². The van der Waals surface area contributed by atoms with E-state index in [4.69, 9.17) is 4.42 Å². The van der Waals surface area contributed by atoms with Gasteiger partial charge in [-0.1, -0.05) is 47.5 Å². The van der Waals surface area contributed by atoms with Crippen molar-refractivity contribution in [2.75, 3.05) is 6.54 Å². The predicted octanol–water partition coefficient (Wildman–Crippen LogP) is 3.94. The van der Waals surface area contributed by atoms with Crippen molar-refractivity contribution in [2.45, 2.75) is 64.3 Å². The lowest BCUT2D eigenvalue weighted by Crippen LogP contribution is -2.44. The van der Waals surface area contributed by atoms with Crippen LogP contribution in [0.3, 0.4) is 0 Å². The molecule has 7 heteroatoms. The molecule has 0 spiro atoms. The molecule has 0 saturated carbocycles. The van der Waals surface area contributed by atoms with Gasteiger partial charge in [0, 0.05) is 4.92 Å². The summed E-state index contributed by atoms with van der Waals surface area (Å²) < 4.78 is 5.01. The van der Waals surface area contributed by atoms with E-state index in [1.54, 1.807) is 0 Å². The molecule has 0 aliphatic carbocycles. The number of hydrogen-bond acceptors (Lipinski definition) is 5. The normalized spacial score (nSPS) is 14.2. The molecule has 144 valence electrons. The molecule has 6 nitrogen and oxygen atoms in total. The minimum Gasteiger partial charge on any atom is -0.461 e. The van der Waals surface area contributed by atoms with Gasteiger partial charge in [-0.05, 0) is 28.8 Å². The summed E-state index contributed by atoms with van der Waals surface area (Å²) in [5.41, 5.74) is 4.41. The summed E-state index contributed by atoms with van der Waals surface area (Å²) in [5, 5.41) is 21.5. The van der Waals surface area contributed by atoms with Crippen molar-refractivity contribution in [3.05, 3.63) is 34.3 Å². The fraction of sp³-hybridized carbons (Fsp3) is 0.632. The van der Waals surface area contributed by atoms with Crippen LogP contribution in [0.2, 0.25) is 16.6 Å². The van der Waals surface area contributed by atoms with Crippen LogP contribution in [0.25, 0.3) is 0 Å². The number of rotatable bonds is 8. The SMILES string of the molecule is CC(C)[Si](C#C[C@@H](C[N+](=O)[O-])[C@H](O)C(=O)c1ccco1)(C(C)C)C(C)C. The monoisotopic (exact) mass is 379 g/mol. The molecule has 1 aromatic rings. The smallest absolute Gasteiger partial charge is 0.227 e. The molecular formula is C19H29NO5Si. The van der Waals surface area contributed by atoms with Crippen LogP contribution in [0.1, 0.15) is 52.1 Å². The molecule has 0 saturated heterocycles. The van der Waals surface area contributed by atoms with Crippen LogP contribution >= 0.6 is 0 Å². The van der Waals surface area contributed by atoms with Crippen molar-refractivity contribution in [2.24, 2.45) is 5.92 Å². The number of carbonyl (C=O) groups is 1. The highest BCUT2D eigenvalue weighted by Gasteiger charge is 2.42. The molecule has 1 aromatic heterocycles. The molecule has 0 amide bonds. The number of furan rings is 1. The van der Waals surface area contributed by atoms with E-state index in [1.165, 1.54) is 18.4 Å². The van der Waals surface area contributed by atoms with Crippen LogP contribution in [-0.2, 0) is 0 Å². The maximum Gasteiger partial charge on any atom is 0.227 e. The van der Waals surface area contributed by atoms with Gasteiger partial charge in [-0.2, -0.15) is 0 Å². The zero-order valence-corrected chi connectivity index (χ0v) is 17.4. The molecule has 0 aromatic carbocycles. The molecule has 0 bridgehead atoms. The third kappa shape index (κ3) is 4.83. The van der Waals surface area contributed by atoms with E-state index in [9.17, 15) is 20.0 Å². The molecule has 1 N–H and O–H groups in total. The fourth-order valence-corrected chi connectivity index (χ4v) is 9.08. The van der Waals surface area contributed by atoms with Crippen LogP contribution in [0, 0.1) is 27.5 Å². The second kappa shape index (κ2) is 9.15. The summed E-state index contributed by atoms with van der Waals surface area (Å²) in [6.07, 6.45) is -0.264. The number of hydrogen-bond donors (Lipinski definition) is 1. The first-order chi connectivity index (χ1) is 12.0. The molecule has 0 aliphatic heterocycles. The highest BCUT2D eigenvalue weighted by molar-refractivity contribution is 6.90. The van der Waals surface area contributed by atoms with Gasteiger partial charge in [-0.15, -0.1) is 5.54 Å². The van der Waals surface area contributed by atoms with Gasteiger partial charge in [0.05, 0.1) is 6.26 Å². The van der Waals surface area contributed by atoms with E-state index in [-0.39, 0.29) is 5.76 Å². The maximum atomic E-state index is 12.3. The van der Waals surface area contributed by atoms with E-state index < -0.39 is 37.3 Å². The van der Waals surface area contributed by atoms with Crippen molar-refractivity contribution in [1.29, 1.82) is 0 Å². The first kappa shape index (κ1) is 22.1. The zero-order valence-electron chi connectivity index (χ0n) is 16.4. The number of carbonyl (C=O) groups excluding carboxylic acids is 1. The summed E-state index contributed by atoms with van der Waals surface area (Å²) in [5.74, 6) is 1.17. The van der Waals surface area contributed by atoms with E-state index in [2.05, 4.69) is 53.0 Å². The standard InChI is InChI=1S/C19H29NO5Si/c1-13(2)26(14(3)4,15(5)6)11-9-16(12-20(23)24)18(21)19(22)17-8-7-10-25-17/h7-8,10,13-16,18,21H,12H2,1-6H3/t16-,18-/m0/s1. The van der Waals surface area contributed by atoms with Crippen LogP contribution < -0.4 is 0 Å². The van der Waals surface area contributed by atoms with Crippen molar-refractivity contribution in [3.63, 3.8) is 0 Å². The van der Waals surface area contributed by atoms with Gasteiger partial charge >= 0.3 is 0 Å². The van der Waals surface area contributed by atoms with Gasteiger partial charge in [0.15, 0.2) is 5.76 Å². The van der Waals surface area contributed by atoms with E-state index in [0.717, 1.165) is 0 Å². The zero-order chi connectivity index (χ0) is 20.1. The predicted molar refractivity (Wildman–Crippen MR) is 103 cm³/mol. The van der Waals surface area contributed by atoms with Gasteiger partial charge in [-0.25, -0.2) is 0 Å². The Bertz CT molecular complexity index is 648. The van der Waals surface area contributed by atoms with Crippen molar-refractivity contribution >= 4 is 13.9 Å². The summed E-state index contributed by atoms with van der Waals surface area (Å²) in [6, 6.07) is 2.96. The average molecular weight is 380 g/mol. The van der Waals surface area contributed by atoms with Gasteiger partial charge in [0.25, 0.3) is 0 Å². The Morgan fingerprint density at radius 3 is 2.15 bits per heavy atom. The Kier molecular flexibility index (Phi) is 7.79. The van der Waals surface area contributed by atoms with Gasteiger partial charge in [0.2, 0.25) is 12.3 Å². The largest absolute Gasteiger partial charge is 0.461 e. The number of aliphatic hydroxyl groups is 1. The Morgan fingerprint density at radius 1 is 1.23 bits per heavy atom. The first-order valence-corrected chi connectivity index (χ1v) is 11.2. The minimum atomic E-state index is -2.12. The maximum absolute atomic E-state index is 12.3. The topological polar surface area (TPSA) is 93.6 Å². The number of aliphatic hydroxyl groups excluding tert-OH is 1. The average Bonchev–Trinajstić information content (AvgIpc) is 3.05. The summed E-state index contributed by atoms with van der Waals surface area (Å²) in [6.45, 7) is 12.2. The highest BCUT2D eigenvalue weighted by Crippen LogP contribution is 2.40. The lowest BCUT2D eigenvalue weighted by atomic mass is 9.98. The molecule has 1 heterocycles. The molecule has 1 rings (SSSR count). The second-order valence-electron chi connectivity index (χ2n) is 7.57. The Hall–Kier alpha value is -1.91. The number of nitro groups is 1. The Morgan fingerprint density at radius 2 is 1.77 bits per heavy atom. The quantitative estimate of drug-likeness (QED) is 0.243. The van der Waals surface area contributed by atoms with Crippen molar-refractivity contribution < 1.29 is 19.2 Å². The van der Waals surface area contributed by atoms with Crippen LogP contribution in [0.4, 0.5) is 0 Å². The number of nitrogens with zero attached hydrogens (tertiary/aromatic N) is 1. The molecule has 2 atom stereocenters. The summed E-state index contributed by atoms with van der Waals surface area (Å²) >= 11 is 0. The molecular weight excluding hydrogens is 350 g/mol. The van der Waals surface area contributed by atoms with Crippen LogP contribution in [0.15, 0.2) is 22.8 Å². The van der Waals surface area contributed by atoms with Gasteiger partial charge in [0.1, 0.15) is 20.1 Å². The number of ketones is 1. The van der Waals surface area contributed by atoms with Crippen molar-refractivity contribution in [1.82, 2.24) is 0 Å². The number of Topliss-reactive ketones (excluding diaryl/α,β-unsaturated/α-hetero) is 1. The first-order valence-electron chi connectivity index (χ1n) is 8.94. The lowest BCUT2D eigenvalue weighted by molar-refractivity contribution is -0.486. The Labute approximate surface area is 156 Å². The molecule has 0 unspecified atom stereocenters. The Balaban J connectivity index is 3.28. The third-order valence-electron chi connectivity index (χ3n) is 5.10. The summed E-state index contributed by atoms with van der Waals surface area (Å²) in [4.78, 5) is 22.8. The minimum absolute atomic E-state index is 0.0206. The molecule has 0 fully saturated rings. The summed E-state index contributed by atoms with van der Waals surface area (Å²) in [7, 11) is -2.12. The molecule has 0 aliphatic rings. The molecule has 26 heavy (non-hydrogen) atoms. The fourth-order valence-electron chi connectivity index (χ4n) is 3.78. The van der Waals surface area contributed by atoms with Crippen molar-refractivity contribution in [3.8, 4) is 11.5 Å². The highest BCUT2D eigenvalue weighted by atomic mass is 28.3. The lowest BCUT2D eigenvalue weighted by Gasteiger charge is -2.38. The molecule has 0 radical (unpaired) electrons. The van der Waals surface area contributed by atoms with Gasteiger partial charge < -0.3 is 9.52 Å². The van der Waals surface area contributed by atoms with E-state index >= 15 is 0 Å². The van der Waals surface area contributed by atoms with E-state index in [1.807, 2.05) is 0 Å². The third-order valence-corrected chi connectivity index (χ3v) is 11.4.